The molecule has 1 rings (SSSR count). The molecule has 0 fully saturated rings. The zero-order valence-corrected chi connectivity index (χ0v) is 10.4. The highest BCUT2D eigenvalue weighted by Crippen LogP contribution is 2.30. The Morgan fingerprint density at radius 3 is 2.74 bits per heavy atom. The van der Waals surface area contributed by atoms with Gasteiger partial charge >= 0.3 is 12.3 Å². The molecule has 1 aromatic rings. The number of amides is 1. The minimum Gasteiger partial charge on any atom is -0.448 e. The molecule has 0 aliphatic carbocycles. The van der Waals surface area contributed by atoms with Crippen LogP contribution in [0.2, 0.25) is 0 Å². The van der Waals surface area contributed by atoms with Gasteiger partial charge in [-0.2, -0.15) is 13.2 Å². The van der Waals surface area contributed by atoms with E-state index in [1.54, 1.807) is 0 Å². The Balaban J connectivity index is 2.50. The van der Waals surface area contributed by atoms with Crippen molar-refractivity contribution in [1.29, 1.82) is 0 Å². The molecule has 1 aromatic carbocycles. The van der Waals surface area contributed by atoms with Crippen molar-refractivity contribution in [3.8, 4) is 0 Å². The highest BCUT2D eigenvalue weighted by molar-refractivity contribution is 5.84. The molecule has 0 radical (unpaired) electrons. The van der Waals surface area contributed by atoms with Crippen LogP contribution in [0.15, 0.2) is 24.3 Å². The summed E-state index contributed by atoms with van der Waals surface area (Å²) in [5, 5.41) is 5.19. The average Bonchev–Trinajstić information content (AvgIpc) is 2.34. The number of hydrogen-bond donors (Lipinski definition) is 2. The number of ether oxygens (including phenoxy) is 1. The number of carbonyl (C=O) groups is 1. The van der Waals surface area contributed by atoms with E-state index >= 15 is 0 Å². The lowest BCUT2D eigenvalue weighted by molar-refractivity contribution is -0.137. The first kappa shape index (κ1) is 15.3. The van der Waals surface area contributed by atoms with Gasteiger partial charge in [0.2, 0.25) is 0 Å². The summed E-state index contributed by atoms with van der Waals surface area (Å²) in [6.07, 6.45) is -5.22. The highest BCUT2D eigenvalue weighted by atomic mass is 19.4. The van der Waals surface area contributed by atoms with Crippen molar-refractivity contribution in [2.24, 2.45) is 0 Å². The molecular formula is C12H15F3N2O2. The number of anilines is 1. The summed E-state index contributed by atoms with van der Waals surface area (Å²) < 4.78 is 42.1. The molecule has 0 saturated carbocycles. The molecule has 2 N–H and O–H groups in total. The number of rotatable bonds is 5. The monoisotopic (exact) mass is 276 g/mol. The van der Waals surface area contributed by atoms with Crippen LogP contribution in [0, 0.1) is 0 Å². The van der Waals surface area contributed by atoms with Crippen LogP contribution in [0.25, 0.3) is 0 Å². The zero-order chi connectivity index (χ0) is 14.3. The molecule has 0 atom stereocenters. The molecule has 0 unspecified atom stereocenters. The van der Waals surface area contributed by atoms with Gasteiger partial charge in [0.05, 0.1) is 5.56 Å². The van der Waals surface area contributed by atoms with Crippen molar-refractivity contribution >= 4 is 11.8 Å². The minimum absolute atomic E-state index is 0.0447. The number of halogens is 3. The fraction of sp³-hybridized carbons (Fsp3) is 0.417. The van der Waals surface area contributed by atoms with Crippen LogP contribution < -0.4 is 10.6 Å². The van der Waals surface area contributed by atoms with E-state index in [2.05, 4.69) is 10.6 Å². The van der Waals surface area contributed by atoms with Crippen molar-refractivity contribution in [2.45, 2.75) is 13.1 Å². The summed E-state index contributed by atoms with van der Waals surface area (Å²) in [6, 6.07) is 4.37. The maximum atomic E-state index is 12.4. The first-order valence-corrected chi connectivity index (χ1v) is 5.75. The normalized spacial score (nSPS) is 11.2. The second-order valence-electron chi connectivity index (χ2n) is 3.69. The molecule has 4 nitrogen and oxygen atoms in total. The van der Waals surface area contributed by atoms with Crippen LogP contribution in [0.4, 0.5) is 23.7 Å². The Morgan fingerprint density at radius 2 is 2.11 bits per heavy atom. The fourth-order valence-corrected chi connectivity index (χ4v) is 1.32. The smallest absolute Gasteiger partial charge is 0.416 e. The number of likely N-dealkylation sites (N-methyl/N-ethyl adjacent to an activating group) is 1. The maximum absolute atomic E-state index is 12.4. The Hall–Kier alpha value is -1.76. The van der Waals surface area contributed by atoms with Gasteiger partial charge in [-0.05, 0) is 24.7 Å². The van der Waals surface area contributed by atoms with Crippen molar-refractivity contribution in [2.75, 3.05) is 25.0 Å². The standard InChI is InChI=1S/C12H15F3N2O2/c1-2-16-6-7-19-11(18)17-10-5-3-4-9(8-10)12(13,14)15/h3-5,8,16H,2,6-7H2,1H3,(H,17,18). The molecule has 0 heterocycles. The van der Waals surface area contributed by atoms with Gasteiger partial charge in [-0.15, -0.1) is 0 Å². The van der Waals surface area contributed by atoms with Crippen molar-refractivity contribution in [3.63, 3.8) is 0 Å². The molecule has 1 amide bonds. The summed E-state index contributed by atoms with van der Waals surface area (Å²) >= 11 is 0. The quantitative estimate of drug-likeness (QED) is 0.813. The van der Waals surface area contributed by atoms with Crippen LogP contribution >= 0.6 is 0 Å². The third kappa shape index (κ3) is 5.60. The minimum atomic E-state index is -4.44. The van der Waals surface area contributed by atoms with E-state index in [4.69, 9.17) is 4.74 Å². The number of nitrogens with one attached hydrogen (secondary N) is 2. The van der Waals surface area contributed by atoms with Crippen LogP contribution in [0.1, 0.15) is 12.5 Å². The van der Waals surface area contributed by atoms with Crippen molar-refractivity contribution in [3.05, 3.63) is 29.8 Å². The Kier molecular flexibility index (Phi) is 5.62. The van der Waals surface area contributed by atoms with Gasteiger partial charge < -0.3 is 10.1 Å². The van der Waals surface area contributed by atoms with Gasteiger partial charge in [0.15, 0.2) is 0 Å². The van der Waals surface area contributed by atoms with Crippen LogP contribution in [-0.4, -0.2) is 25.8 Å². The molecule has 0 saturated heterocycles. The Morgan fingerprint density at radius 1 is 1.37 bits per heavy atom. The first-order valence-electron chi connectivity index (χ1n) is 5.75. The van der Waals surface area contributed by atoms with Crippen LogP contribution in [-0.2, 0) is 10.9 Å². The highest BCUT2D eigenvalue weighted by Gasteiger charge is 2.30. The lowest BCUT2D eigenvalue weighted by Gasteiger charge is -2.10. The fourth-order valence-electron chi connectivity index (χ4n) is 1.32. The molecule has 0 spiro atoms. The van der Waals surface area contributed by atoms with E-state index in [1.165, 1.54) is 12.1 Å². The predicted molar refractivity (Wildman–Crippen MR) is 65.0 cm³/mol. The second-order valence-corrected chi connectivity index (χ2v) is 3.69. The van der Waals surface area contributed by atoms with Gasteiger partial charge in [0, 0.05) is 12.2 Å². The van der Waals surface area contributed by atoms with E-state index < -0.39 is 17.8 Å². The zero-order valence-electron chi connectivity index (χ0n) is 10.4. The second kappa shape index (κ2) is 6.98. The summed E-state index contributed by atoms with van der Waals surface area (Å²) in [5.74, 6) is 0. The molecular weight excluding hydrogens is 261 g/mol. The largest absolute Gasteiger partial charge is 0.448 e. The third-order valence-corrected chi connectivity index (χ3v) is 2.20. The molecule has 0 aliphatic heterocycles. The Bertz CT molecular complexity index is 422. The first-order chi connectivity index (χ1) is 8.93. The van der Waals surface area contributed by atoms with Gasteiger partial charge in [-0.1, -0.05) is 13.0 Å². The van der Waals surface area contributed by atoms with Crippen molar-refractivity contribution in [1.82, 2.24) is 5.32 Å². The number of benzene rings is 1. The Labute approximate surface area is 108 Å². The van der Waals surface area contributed by atoms with Crippen LogP contribution in [0.5, 0.6) is 0 Å². The summed E-state index contributed by atoms with van der Waals surface area (Å²) in [6.45, 7) is 3.30. The molecule has 7 heteroatoms. The van der Waals surface area contributed by atoms with E-state index in [-0.39, 0.29) is 12.3 Å². The predicted octanol–water partition coefficient (Wildman–Crippen LogP) is 2.86. The topological polar surface area (TPSA) is 50.4 Å². The third-order valence-electron chi connectivity index (χ3n) is 2.20. The number of carbonyl (C=O) groups excluding carboxylic acids is 1. The van der Waals surface area contributed by atoms with E-state index in [9.17, 15) is 18.0 Å². The molecule has 106 valence electrons. The summed E-state index contributed by atoms with van der Waals surface area (Å²) in [7, 11) is 0. The average molecular weight is 276 g/mol. The van der Waals surface area contributed by atoms with Crippen molar-refractivity contribution < 1.29 is 22.7 Å². The van der Waals surface area contributed by atoms with Gasteiger partial charge in [-0.3, -0.25) is 5.32 Å². The van der Waals surface area contributed by atoms with Gasteiger partial charge in [-0.25, -0.2) is 4.79 Å². The molecule has 19 heavy (non-hydrogen) atoms. The lowest BCUT2D eigenvalue weighted by Crippen LogP contribution is -2.23. The SMILES string of the molecule is CCNCCOC(=O)Nc1cccc(C(F)(F)F)c1. The van der Waals surface area contributed by atoms with E-state index in [1.807, 2.05) is 6.92 Å². The lowest BCUT2D eigenvalue weighted by atomic mass is 10.2. The van der Waals surface area contributed by atoms with E-state index in [0.29, 0.717) is 6.54 Å². The maximum Gasteiger partial charge on any atom is 0.416 e. The molecule has 0 bridgehead atoms. The number of alkyl halides is 3. The van der Waals surface area contributed by atoms with E-state index in [0.717, 1.165) is 18.7 Å². The van der Waals surface area contributed by atoms with Crippen LogP contribution in [0.3, 0.4) is 0 Å². The number of hydrogen-bond acceptors (Lipinski definition) is 3. The molecule has 0 aliphatic rings. The summed E-state index contributed by atoms with van der Waals surface area (Å²) in [4.78, 5) is 11.3. The van der Waals surface area contributed by atoms with Gasteiger partial charge in [0.1, 0.15) is 6.61 Å². The summed E-state index contributed by atoms with van der Waals surface area (Å²) in [5.41, 5.74) is -0.777. The van der Waals surface area contributed by atoms with Gasteiger partial charge in [0.25, 0.3) is 0 Å². The molecule has 0 aromatic heterocycles.